The van der Waals surface area contributed by atoms with Gasteiger partial charge in [-0.3, -0.25) is 4.79 Å². The third-order valence-corrected chi connectivity index (χ3v) is 7.09. The molecule has 34 heavy (non-hydrogen) atoms. The lowest BCUT2D eigenvalue weighted by atomic mass is 10.1. The van der Waals surface area contributed by atoms with Crippen LogP contribution >= 0.6 is 0 Å². The van der Waals surface area contributed by atoms with Crippen molar-refractivity contribution < 1.29 is 52.2 Å². The number of sulfone groups is 1. The maximum absolute atomic E-state index is 12.8. The standard InChI is InChI=1S/C19H17F6NO6S2/c1-12-11-15(8-9-16(12)32-34(30,31)19(23,24)25)33(28,29)14-6-4-13(5-7-14)3-2-10-26-17(27)18(20,21)22/h4-9,11H,2-3,10H2,1H3,(H,26,27). The van der Waals surface area contributed by atoms with E-state index < -0.39 is 43.3 Å². The van der Waals surface area contributed by atoms with Crippen LogP contribution in [-0.4, -0.2) is 41.0 Å². The summed E-state index contributed by atoms with van der Waals surface area (Å²) in [6, 6.07) is 7.92. The molecule has 0 aliphatic heterocycles. The molecular formula is C19H17F6NO6S2. The molecule has 0 spiro atoms. The number of carbonyl (C=O) groups is 1. The van der Waals surface area contributed by atoms with Gasteiger partial charge in [0.1, 0.15) is 5.75 Å². The molecule has 15 heteroatoms. The van der Waals surface area contributed by atoms with Crippen LogP contribution in [0.4, 0.5) is 26.3 Å². The molecule has 0 radical (unpaired) electrons. The summed E-state index contributed by atoms with van der Waals surface area (Å²) in [4.78, 5) is 10.2. The molecule has 0 aliphatic rings. The number of hydrogen-bond acceptors (Lipinski definition) is 6. The van der Waals surface area contributed by atoms with E-state index in [0.717, 1.165) is 18.2 Å². The summed E-state index contributed by atoms with van der Waals surface area (Å²) in [6.45, 7) is 0.928. The number of alkyl halides is 6. The van der Waals surface area contributed by atoms with Gasteiger partial charge in [0.2, 0.25) is 9.84 Å². The molecule has 0 saturated heterocycles. The second kappa shape index (κ2) is 9.82. The predicted octanol–water partition coefficient (Wildman–Crippen LogP) is 3.67. The fraction of sp³-hybridized carbons (Fsp3) is 0.316. The largest absolute Gasteiger partial charge is 0.534 e. The molecule has 0 saturated carbocycles. The van der Waals surface area contributed by atoms with Gasteiger partial charge in [0.25, 0.3) is 0 Å². The van der Waals surface area contributed by atoms with Gasteiger partial charge in [-0.25, -0.2) is 8.42 Å². The number of aryl methyl sites for hydroxylation is 2. The van der Waals surface area contributed by atoms with Crippen molar-refractivity contribution >= 4 is 25.9 Å². The molecule has 0 aliphatic carbocycles. The average Bonchev–Trinajstić information content (AvgIpc) is 2.71. The Morgan fingerprint density at radius 1 is 0.912 bits per heavy atom. The van der Waals surface area contributed by atoms with Gasteiger partial charge < -0.3 is 9.50 Å². The Bertz CT molecular complexity index is 1250. The van der Waals surface area contributed by atoms with E-state index in [4.69, 9.17) is 0 Å². The molecule has 1 amide bonds. The smallest absolute Gasteiger partial charge is 0.376 e. The quantitative estimate of drug-likeness (QED) is 0.240. The van der Waals surface area contributed by atoms with Gasteiger partial charge in [-0.1, -0.05) is 12.1 Å². The summed E-state index contributed by atoms with van der Waals surface area (Å²) in [7, 11) is -10.1. The van der Waals surface area contributed by atoms with Crippen LogP contribution in [0.1, 0.15) is 17.5 Å². The molecule has 2 aromatic rings. The van der Waals surface area contributed by atoms with Gasteiger partial charge in [0.05, 0.1) is 9.79 Å². The van der Waals surface area contributed by atoms with Gasteiger partial charge in [-0.05, 0) is 61.2 Å². The zero-order valence-corrected chi connectivity index (χ0v) is 18.8. The molecule has 188 valence electrons. The molecule has 1 N–H and O–H groups in total. The first kappa shape index (κ1) is 27.4. The first-order valence-corrected chi connectivity index (χ1v) is 12.1. The third kappa shape index (κ3) is 6.62. The molecule has 0 bridgehead atoms. The molecule has 0 unspecified atom stereocenters. The van der Waals surface area contributed by atoms with Crippen LogP contribution in [0.5, 0.6) is 5.75 Å². The van der Waals surface area contributed by atoms with E-state index in [1.165, 1.54) is 31.2 Å². The maximum atomic E-state index is 12.8. The summed E-state index contributed by atoms with van der Waals surface area (Å²) in [5.41, 5.74) is -5.25. The van der Waals surface area contributed by atoms with Crippen molar-refractivity contribution in [3.05, 3.63) is 53.6 Å². The second-order valence-corrected chi connectivity index (χ2v) is 10.4. The van der Waals surface area contributed by atoms with Crippen molar-refractivity contribution in [2.75, 3.05) is 6.54 Å². The Hall–Kier alpha value is -2.81. The average molecular weight is 533 g/mol. The molecule has 0 atom stereocenters. The zero-order valence-electron chi connectivity index (χ0n) is 17.2. The minimum absolute atomic E-state index is 0.162. The summed E-state index contributed by atoms with van der Waals surface area (Å²) in [6.07, 6.45) is -4.57. The van der Waals surface area contributed by atoms with E-state index in [1.54, 1.807) is 5.32 Å². The SMILES string of the molecule is Cc1cc(S(=O)(=O)c2ccc(CCCNC(=O)C(F)(F)F)cc2)ccc1OS(=O)(=O)C(F)(F)F. The van der Waals surface area contributed by atoms with Gasteiger partial charge in [0, 0.05) is 6.54 Å². The normalized spacial score (nSPS) is 12.9. The Morgan fingerprint density at radius 3 is 1.97 bits per heavy atom. The van der Waals surface area contributed by atoms with Crippen LogP contribution in [0.25, 0.3) is 0 Å². The van der Waals surface area contributed by atoms with E-state index >= 15 is 0 Å². The number of amides is 1. The van der Waals surface area contributed by atoms with Crippen molar-refractivity contribution in [1.29, 1.82) is 0 Å². The lowest BCUT2D eigenvalue weighted by Crippen LogP contribution is -2.37. The van der Waals surface area contributed by atoms with Crippen LogP contribution in [0, 0.1) is 6.92 Å². The topological polar surface area (TPSA) is 107 Å². The molecule has 7 nitrogen and oxygen atoms in total. The monoisotopic (exact) mass is 533 g/mol. The van der Waals surface area contributed by atoms with E-state index in [9.17, 15) is 48.0 Å². The molecule has 0 aromatic heterocycles. The van der Waals surface area contributed by atoms with Gasteiger partial charge in [-0.2, -0.15) is 34.8 Å². The van der Waals surface area contributed by atoms with Crippen LogP contribution in [0.3, 0.4) is 0 Å². The summed E-state index contributed by atoms with van der Waals surface area (Å²) in [5, 5.41) is 1.71. The number of nitrogens with one attached hydrogen (secondary N) is 1. The minimum Gasteiger partial charge on any atom is -0.376 e. The molecule has 2 rings (SSSR count). The van der Waals surface area contributed by atoms with Crippen molar-refractivity contribution in [1.82, 2.24) is 5.32 Å². The van der Waals surface area contributed by atoms with Crippen molar-refractivity contribution in [2.45, 2.75) is 41.2 Å². The van der Waals surface area contributed by atoms with E-state index in [1.807, 2.05) is 0 Å². The van der Waals surface area contributed by atoms with Crippen molar-refractivity contribution in [3.63, 3.8) is 0 Å². The van der Waals surface area contributed by atoms with Gasteiger partial charge >= 0.3 is 27.7 Å². The van der Waals surface area contributed by atoms with Crippen LogP contribution in [0.15, 0.2) is 52.3 Å². The molecule has 0 fully saturated rings. The van der Waals surface area contributed by atoms with Crippen molar-refractivity contribution in [2.24, 2.45) is 0 Å². The third-order valence-electron chi connectivity index (χ3n) is 4.36. The number of rotatable bonds is 8. The number of halogens is 6. The summed E-state index contributed by atoms with van der Waals surface area (Å²) < 4.78 is 126. The molecule has 0 heterocycles. The lowest BCUT2D eigenvalue weighted by molar-refractivity contribution is -0.173. The number of hydrogen-bond donors (Lipinski definition) is 1. The predicted molar refractivity (Wildman–Crippen MR) is 106 cm³/mol. The van der Waals surface area contributed by atoms with Crippen LogP contribution < -0.4 is 9.50 Å². The fourth-order valence-electron chi connectivity index (χ4n) is 2.61. The lowest BCUT2D eigenvalue weighted by Gasteiger charge is -2.13. The first-order valence-electron chi connectivity index (χ1n) is 9.25. The highest BCUT2D eigenvalue weighted by Gasteiger charge is 2.48. The molecule has 2 aromatic carbocycles. The minimum atomic E-state index is -5.93. The van der Waals surface area contributed by atoms with Crippen molar-refractivity contribution in [3.8, 4) is 5.75 Å². The highest BCUT2D eigenvalue weighted by atomic mass is 32.2. The van der Waals surface area contributed by atoms with Crippen LogP contribution in [0.2, 0.25) is 0 Å². The van der Waals surface area contributed by atoms with E-state index in [-0.39, 0.29) is 34.7 Å². The second-order valence-electron chi connectivity index (χ2n) is 6.92. The Balaban J connectivity index is 2.10. The van der Waals surface area contributed by atoms with Gasteiger partial charge in [0.15, 0.2) is 0 Å². The Labute approximate surface area is 190 Å². The summed E-state index contributed by atoms with van der Waals surface area (Å²) in [5.74, 6) is -2.75. The number of benzene rings is 2. The Kier molecular flexibility index (Phi) is 7.92. The first-order chi connectivity index (χ1) is 15.4. The fourth-order valence-corrected chi connectivity index (χ4v) is 4.48. The van der Waals surface area contributed by atoms with Gasteiger partial charge in [-0.15, -0.1) is 0 Å². The van der Waals surface area contributed by atoms with E-state index in [2.05, 4.69) is 4.18 Å². The van der Waals surface area contributed by atoms with E-state index in [0.29, 0.717) is 5.56 Å². The highest BCUT2D eigenvalue weighted by molar-refractivity contribution is 7.91. The summed E-state index contributed by atoms with van der Waals surface area (Å²) >= 11 is 0. The Morgan fingerprint density at radius 2 is 1.47 bits per heavy atom. The number of carbonyl (C=O) groups excluding carboxylic acids is 1. The zero-order chi connectivity index (χ0) is 25.9. The molecular weight excluding hydrogens is 516 g/mol. The van der Waals surface area contributed by atoms with Crippen LogP contribution in [-0.2, 0) is 31.2 Å². The maximum Gasteiger partial charge on any atom is 0.534 e. The highest BCUT2D eigenvalue weighted by Crippen LogP contribution is 2.31.